The number of carbonyl (C=O) groups excluding carboxylic acids is 3. The Kier molecular flexibility index (Phi) is 5.41. The van der Waals surface area contributed by atoms with Crippen LogP contribution in [-0.4, -0.2) is 45.4 Å². The van der Waals surface area contributed by atoms with E-state index in [9.17, 15) is 22.8 Å². The number of ketones is 2. The third kappa shape index (κ3) is 4.21. The first-order chi connectivity index (χ1) is 9.58. The molecule has 0 bridgehead atoms. The minimum Gasteiger partial charge on any atom is -0.468 e. The first-order valence-electron chi connectivity index (χ1n) is 6.36. The Morgan fingerprint density at radius 1 is 1.38 bits per heavy atom. The van der Waals surface area contributed by atoms with Crippen LogP contribution in [0.5, 0.6) is 0 Å². The van der Waals surface area contributed by atoms with Crippen molar-refractivity contribution < 1.29 is 27.5 Å². The Balaban J connectivity index is 3.16. The highest BCUT2D eigenvalue weighted by atomic mass is 32.2. The van der Waals surface area contributed by atoms with E-state index in [1.54, 1.807) is 6.92 Å². The molecular weight excluding hydrogens is 298 g/mol. The molecule has 8 heteroatoms. The Morgan fingerprint density at radius 3 is 2.38 bits per heavy atom. The maximum absolute atomic E-state index is 12.1. The number of esters is 1. The van der Waals surface area contributed by atoms with Gasteiger partial charge in [-0.05, 0) is 18.9 Å². The van der Waals surface area contributed by atoms with Crippen molar-refractivity contribution in [3.05, 3.63) is 12.2 Å². The van der Waals surface area contributed by atoms with E-state index in [1.165, 1.54) is 19.1 Å². The maximum Gasteiger partial charge on any atom is 0.316 e. The average Bonchev–Trinajstić information content (AvgIpc) is 2.35. The number of rotatable bonds is 5. The topological polar surface area (TPSA) is 107 Å². The van der Waals surface area contributed by atoms with Crippen LogP contribution in [0.2, 0.25) is 0 Å². The Morgan fingerprint density at radius 2 is 1.95 bits per heavy atom. The van der Waals surface area contributed by atoms with Crippen LogP contribution in [0, 0.1) is 17.8 Å². The summed E-state index contributed by atoms with van der Waals surface area (Å²) in [7, 11) is -2.35. The van der Waals surface area contributed by atoms with Crippen molar-refractivity contribution in [1.29, 1.82) is 0 Å². The minimum atomic E-state index is -3.48. The normalized spacial score (nSPS) is 27.2. The van der Waals surface area contributed by atoms with Crippen LogP contribution in [0.15, 0.2) is 12.2 Å². The number of hydrogen-bond donors (Lipinski definition) is 1. The van der Waals surface area contributed by atoms with Crippen molar-refractivity contribution in [3.63, 3.8) is 0 Å². The lowest BCUT2D eigenvalue weighted by atomic mass is 9.72. The Labute approximate surface area is 123 Å². The number of methoxy groups -OCH3 is 1. The van der Waals surface area contributed by atoms with Gasteiger partial charge in [-0.2, -0.15) is 0 Å². The summed E-state index contributed by atoms with van der Waals surface area (Å²) in [6.45, 7) is 2.83. The number of Topliss-reactive ketones (excluding diaryl/α,β-unsaturated/α-hetero) is 1. The van der Waals surface area contributed by atoms with Gasteiger partial charge in [0.15, 0.2) is 5.78 Å². The molecule has 0 spiro atoms. The van der Waals surface area contributed by atoms with Crippen LogP contribution in [0.25, 0.3) is 0 Å². The van der Waals surface area contributed by atoms with Gasteiger partial charge in [-0.3, -0.25) is 14.4 Å². The third-order valence-corrected chi connectivity index (χ3v) is 4.23. The fourth-order valence-corrected chi connectivity index (χ4v) is 3.31. The van der Waals surface area contributed by atoms with Crippen molar-refractivity contribution in [3.8, 4) is 0 Å². The molecule has 4 atom stereocenters. The molecule has 21 heavy (non-hydrogen) atoms. The average molecular weight is 317 g/mol. The van der Waals surface area contributed by atoms with Crippen molar-refractivity contribution in [2.24, 2.45) is 17.8 Å². The number of nitrogens with one attached hydrogen (secondary N) is 1. The molecule has 1 aliphatic carbocycles. The molecule has 0 saturated heterocycles. The molecule has 0 radical (unpaired) electrons. The van der Waals surface area contributed by atoms with Crippen LogP contribution in [0.1, 0.15) is 13.8 Å². The highest BCUT2D eigenvalue weighted by Crippen LogP contribution is 2.31. The summed E-state index contributed by atoms with van der Waals surface area (Å²) in [5.74, 6) is -4.39. The Hall–Kier alpha value is -1.54. The van der Waals surface area contributed by atoms with E-state index in [2.05, 4.69) is 9.46 Å². The van der Waals surface area contributed by atoms with Crippen molar-refractivity contribution in [2.45, 2.75) is 19.9 Å². The molecule has 0 fully saturated rings. The molecule has 118 valence electrons. The largest absolute Gasteiger partial charge is 0.468 e. The second kappa shape index (κ2) is 6.48. The van der Waals surface area contributed by atoms with Crippen molar-refractivity contribution >= 4 is 27.6 Å². The number of allylic oxidation sites excluding steroid dienone is 1. The second-order valence-electron chi connectivity index (χ2n) is 5.17. The molecule has 0 saturated carbocycles. The second-order valence-corrected chi connectivity index (χ2v) is 6.95. The number of ether oxygens (including phenoxy) is 1. The van der Waals surface area contributed by atoms with Gasteiger partial charge < -0.3 is 4.74 Å². The molecule has 7 nitrogen and oxygen atoms in total. The first-order valence-corrected chi connectivity index (χ1v) is 8.25. The molecular formula is C13H19NO6S. The van der Waals surface area contributed by atoms with Gasteiger partial charge in [0.2, 0.25) is 10.0 Å². The molecule has 0 heterocycles. The third-order valence-electron chi connectivity index (χ3n) is 3.53. The molecule has 0 aromatic heterocycles. The molecule has 0 aliphatic heterocycles. The van der Waals surface area contributed by atoms with E-state index in [0.29, 0.717) is 0 Å². The SMILES string of the molecule is COC(=O)C(C(C)=O)C1C(=O)C=CC(NS(C)(=O)=O)C1C. The summed E-state index contributed by atoms with van der Waals surface area (Å²) in [6, 6.07) is -0.658. The lowest BCUT2D eigenvalue weighted by Crippen LogP contribution is -2.49. The monoisotopic (exact) mass is 317 g/mol. The van der Waals surface area contributed by atoms with Gasteiger partial charge in [-0.25, -0.2) is 13.1 Å². The molecule has 0 amide bonds. The van der Waals surface area contributed by atoms with Gasteiger partial charge >= 0.3 is 5.97 Å². The molecule has 1 rings (SSSR count). The molecule has 4 unspecified atom stereocenters. The van der Waals surface area contributed by atoms with Gasteiger partial charge in [0.25, 0.3) is 0 Å². The molecule has 1 N–H and O–H groups in total. The summed E-state index contributed by atoms with van der Waals surface area (Å²) in [5, 5.41) is 0. The summed E-state index contributed by atoms with van der Waals surface area (Å²) >= 11 is 0. The van der Waals surface area contributed by atoms with Crippen molar-refractivity contribution in [1.82, 2.24) is 4.72 Å². The first kappa shape index (κ1) is 17.5. The zero-order chi connectivity index (χ0) is 16.4. The Bertz CT molecular complexity index is 579. The summed E-state index contributed by atoms with van der Waals surface area (Å²) in [4.78, 5) is 35.5. The van der Waals surface area contributed by atoms with Crippen LogP contribution in [-0.2, 0) is 29.1 Å². The highest BCUT2D eigenvalue weighted by molar-refractivity contribution is 7.88. The summed E-state index contributed by atoms with van der Waals surface area (Å²) < 4.78 is 29.6. The van der Waals surface area contributed by atoms with Gasteiger partial charge in [-0.15, -0.1) is 0 Å². The molecule has 0 aromatic rings. The van der Waals surface area contributed by atoms with E-state index < -0.39 is 45.6 Å². The van der Waals surface area contributed by atoms with E-state index in [1.807, 2.05) is 0 Å². The fraction of sp³-hybridized carbons (Fsp3) is 0.615. The van der Waals surface area contributed by atoms with Gasteiger partial charge in [-0.1, -0.05) is 13.0 Å². The van der Waals surface area contributed by atoms with Gasteiger partial charge in [0.05, 0.1) is 13.4 Å². The minimum absolute atomic E-state index is 0.389. The van der Waals surface area contributed by atoms with Gasteiger partial charge in [0, 0.05) is 12.0 Å². The van der Waals surface area contributed by atoms with E-state index in [4.69, 9.17) is 0 Å². The van der Waals surface area contributed by atoms with Crippen LogP contribution >= 0.6 is 0 Å². The van der Waals surface area contributed by atoms with Gasteiger partial charge in [0.1, 0.15) is 11.7 Å². The van der Waals surface area contributed by atoms with Crippen LogP contribution in [0.4, 0.5) is 0 Å². The zero-order valence-electron chi connectivity index (χ0n) is 12.3. The number of carbonyl (C=O) groups is 3. The van der Waals surface area contributed by atoms with E-state index in [-0.39, 0.29) is 5.78 Å². The predicted octanol–water partition coefficient (Wildman–Crippen LogP) is -0.326. The van der Waals surface area contributed by atoms with Crippen LogP contribution in [0.3, 0.4) is 0 Å². The smallest absolute Gasteiger partial charge is 0.316 e. The van der Waals surface area contributed by atoms with E-state index in [0.717, 1.165) is 13.4 Å². The maximum atomic E-state index is 12.1. The quantitative estimate of drug-likeness (QED) is 0.550. The predicted molar refractivity (Wildman–Crippen MR) is 74.8 cm³/mol. The van der Waals surface area contributed by atoms with E-state index >= 15 is 0 Å². The lowest BCUT2D eigenvalue weighted by Gasteiger charge is -2.34. The molecule has 1 aliphatic rings. The zero-order valence-corrected chi connectivity index (χ0v) is 13.1. The van der Waals surface area contributed by atoms with Crippen LogP contribution < -0.4 is 4.72 Å². The summed E-state index contributed by atoms with van der Waals surface area (Å²) in [6.07, 6.45) is 3.63. The summed E-state index contributed by atoms with van der Waals surface area (Å²) in [5.41, 5.74) is 0. The number of sulfonamides is 1. The number of hydrogen-bond acceptors (Lipinski definition) is 6. The standard InChI is InChI=1S/C13H19NO6S/c1-7-9(14-21(4,18)19)5-6-10(16)11(7)12(8(2)15)13(17)20-3/h5-7,9,11-12,14H,1-4H3. The fourth-order valence-electron chi connectivity index (χ4n) is 2.52. The molecule has 0 aromatic carbocycles. The lowest BCUT2D eigenvalue weighted by molar-refractivity contribution is -0.154. The highest BCUT2D eigenvalue weighted by Gasteiger charge is 2.44. The van der Waals surface area contributed by atoms with Crippen molar-refractivity contribution in [2.75, 3.05) is 13.4 Å².